The Hall–Kier alpha value is -2.34. The third kappa shape index (κ3) is 4.60. The van der Waals surface area contributed by atoms with E-state index in [1.807, 2.05) is 36.5 Å². The number of aliphatic hydroxyl groups is 1. The standard InChI is InChI=1S/C19H26N4O2/c1-22(14-16-7-5-6-10-18(16)24)19(25)20-11-15-12-21-23(13-15)17-8-3-2-4-9-17/h2-4,8-9,12-13,16,18,24H,5-7,10-11,14H2,1H3,(H,20,25). The summed E-state index contributed by atoms with van der Waals surface area (Å²) in [5.41, 5.74) is 1.94. The summed E-state index contributed by atoms with van der Waals surface area (Å²) >= 11 is 0. The molecule has 2 N–H and O–H groups in total. The van der Waals surface area contributed by atoms with E-state index in [9.17, 15) is 9.90 Å². The molecule has 1 fully saturated rings. The van der Waals surface area contributed by atoms with Crippen LogP contribution >= 0.6 is 0 Å². The average molecular weight is 342 g/mol. The van der Waals surface area contributed by atoms with Gasteiger partial charge in [-0.25, -0.2) is 9.48 Å². The number of rotatable bonds is 5. The number of para-hydroxylation sites is 1. The Morgan fingerprint density at radius 2 is 2.08 bits per heavy atom. The second-order valence-corrected chi connectivity index (χ2v) is 6.78. The van der Waals surface area contributed by atoms with Crippen LogP contribution in [0.4, 0.5) is 4.79 Å². The van der Waals surface area contributed by atoms with E-state index in [4.69, 9.17) is 0 Å². The SMILES string of the molecule is CN(CC1CCCCC1O)C(=O)NCc1cnn(-c2ccccc2)c1. The molecule has 6 heteroatoms. The summed E-state index contributed by atoms with van der Waals surface area (Å²) in [6.45, 7) is 1.03. The monoisotopic (exact) mass is 342 g/mol. The lowest BCUT2D eigenvalue weighted by Gasteiger charge is -2.31. The molecule has 0 aliphatic heterocycles. The van der Waals surface area contributed by atoms with E-state index in [1.165, 1.54) is 0 Å². The largest absolute Gasteiger partial charge is 0.393 e. The molecule has 1 aromatic carbocycles. The molecule has 0 radical (unpaired) electrons. The summed E-state index contributed by atoms with van der Waals surface area (Å²) in [4.78, 5) is 13.9. The van der Waals surface area contributed by atoms with Crippen molar-refractivity contribution in [1.29, 1.82) is 0 Å². The molecule has 1 aliphatic carbocycles. The maximum Gasteiger partial charge on any atom is 0.317 e. The highest BCUT2D eigenvalue weighted by Crippen LogP contribution is 2.24. The first-order valence-corrected chi connectivity index (χ1v) is 8.89. The Bertz CT molecular complexity index is 686. The van der Waals surface area contributed by atoms with Crippen LogP contribution in [0.25, 0.3) is 5.69 Å². The molecule has 6 nitrogen and oxygen atoms in total. The number of nitrogens with zero attached hydrogens (tertiary/aromatic N) is 3. The first kappa shape index (κ1) is 17.5. The molecule has 3 rings (SSSR count). The van der Waals surface area contributed by atoms with Crippen LogP contribution in [0.3, 0.4) is 0 Å². The van der Waals surface area contributed by atoms with Gasteiger partial charge in [0.15, 0.2) is 0 Å². The Kier molecular flexibility index (Phi) is 5.71. The van der Waals surface area contributed by atoms with E-state index in [-0.39, 0.29) is 18.1 Å². The zero-order valence-corrected chi connectivity index (χ0v) is 14.6. The van der Waals surface area contributed by atoms with E-state index in [1.54, 1.807) is 22.8 Å². The summed E-state index contributed by atoms with van der Waals surface area (Å²) in [7, 11) is 1.78. The molecular weight excluding hydrogens is 316 g/mol. The minimum absolute atomic E-state index is 0.120. The molecule has 1 aliphatic rings. The fourth-order valence-electron chi connectivity index (χ4n) is 3.32. The van der Waals surface area contributed by atoms with Crippen molar-refractivity contribution < 1.29 is 9.90 Å². The van der Waals surface area contributed by atoms with Crippen LogP contribution in [0.15, 0.2) is 42.7 Å². The number of carbonyl (C=O) groups excluding carboxylic acids is 1. The van der Waals surface area contributed by atoms with Crippen molar-refractivity contribution in [3.63, 3.8) is 0 Å². The van der Waals surface area contributed by atoms with Crippen molar-refractivity contribution in [1.82, 2.24) is 20.0 Å². The predicted molar refractivity (Wildman–Crippen MR) is 96.4 cm³/mol. The van der Waals surface area contributed by atoms with Crippen LogP contribution in [0.2, 0.25) is 0 Å². The molecule has 0 spiro atoms. The van der Waals surface area contributed by atoms with E-state index in [0.29, 0.717) is 13.1 Å². The minimum Gasteiger partial charge on any atom is -0.393 e. The highest BCUT2D eigenvalue weighted by Gasteiger charge is 2.25. The third-order valence-corrected chi connectivity index (χ3v) is 4.82. The lowest BCUT2D eigenvalue weighted by Crippen LogP contribution is -2.42. The molecule has 25 heavy (non-hydrogen) atoms. The number of urea groups is 1. The molecule has 2 aromatic rings. The summed E-state index contributed by atoms with van der Waals surface area (Å²) in [5.74, 6) is 0.185. The van der Waals surface area contributed by atoms with Crippen molar-refractivity contribution in [3.8, 4) is 5.69 Å². The molecule has 0 bridgehead atoms. The Labute approximate surface area is 148 Å². The summed E-state index contributed by atoms with van der Waals surface area (Å²) in [6, 6.07) is 9.75. The number of hydrogen-bond acceptors (Lipinski definition) is 3. The lowest BCUT2D eigenvalue weighted by atomic mass is 9.86. The van der Waals surface area contributed by atoms with Gasteiger partial charge in [-0.1, -0.05) is 31.0 Å². The van der Waals surface area contributed by atoms with Gasteiger partial charge in [-0.05, 0) is 25.0 Å². The molecule has 1 heterocycles. The van der Waals surface area contributed by atoms with Crippen LogP contribution in [0.1, 0.15) is 31.2 Å². The lowest BCUT2D eigenvalue weighted by molar-refractivity contribution is 0.0565. The van der Waals surface area contributed by atoms with Crippen molar-refractivity contribution >= 4 is 6.03 Å². The Morgan fingerprint density at radius 1 is 1.32 bits per heavy atom. The van der Waals surface area contributed by atoms with Crippen LogP contribution in [0.5, 0.6) is 0 Å². The number of aromatic nitrogens is 2. The Balaban J connectivity index is 1.49. The van der Waals surface area contributed by atoms with E-state index >= 15 is 0 Å². The number of nitrogens with one attached hydrogen (secondary N) is 1. The van der Waals surface area contributed by atoms with Gasteiger partial charge in [-0.3, -0.25) is 0 Å². The van der Waals surface area contributed by atoms with Gasteiger partial charge in [-0.2, -0.15) is 5.10 Å². The normalized spacial score (nSPS) is 20.2. The number of amides is 2. The molecule has 2 amide bonds. The number of carbonyl (C=O) groups is 1. The molecule has 0 saturated heterocycles. The van der Waals surface area contributed by atoms with Crippen molar-refractivity contribution in [3.05, 3.63) is 48.3 Å². The second kappa shape index (κ2) is 8.16. The van der Waals surface area contributed by atoms with Gasteiger partial charge in [0, 0.05) is 37.8 Å². The van der Waals surface area contributed by atoms with Crippen LogP contribution in [-0.2, 0) is 6.54 Å². The second-order valence-electron chi connectivity index (χ2n) is 6.78. The maximum absolute atomic E-state index is 12.3. The summed E-state index contributed by atoms with van der Waals surface area (Å²) in [6.07, 6.45) is 7.45. The zero-order valence-electron chi connectivity index (χ0n) is 14.6. The molecule has 1 saturated carbocycles. The van der Waals surface area contributed by atoms with E-state index in [0.717, 1.165) is 36.9 Å². The Morgan fingerprint density at radius 3 is 2.84 bits per heavy atom. The number of aliphatic hydroxyl groups excluding tert-OH is 1. The topological polar surface area (TPSA) is 70.4 Å². The first-order chi connectivity index (χ1) is 12.1. The third-order valence-electron chi connectivity index (χ3n) is 4.82. The van der Waals surface area contributed by atoms with Crippen LogP contribution in [0, 0.1) is 5.92 Å². The summed E-state index contributed by atoms with van der Waals surface area (Å²) in [5, 5.41) is 17.3. The highest BCUT2D eigenvalue weighted by molar-refractivity contribution is 5.73. The quantitative estimate of drug-likeness (QED) is 0.877. The first-order valence-electron chi connectivity index (χ1n) is 8.89. The predicted octanol–water partition coefficient (Wildman–Crippen LogP) is 2.56. The zero-order chi connectivity index (χ0) is 17.6. The van der Waals surface area contributed by atoms with Crippen molar-refractivity contribution in [2.75, 3.05) is 13.6 Å². The van der Waals surface area contributed by atoms with Crippen LogP contribution < -0.4 is 5.32 Å². The van der Waals surface area contributed by atoms with Crippen molar-refractivity contribution in [2.45, 2.75) is 38.3 Å². The van der Waals surface area contributed by atoms with E-state index in [2.05, 4.69) is 10.4 Å². The van der Waals surface area contributed by atoms with Gasteiger partial charge >= 0.3 is 6.03 Å². The van der Waals surface area contributed by atoms with Gasteiger partial charge in [0.2, 0.25) is 0 Å². The highest BCUT2D eigenvalue weighted by atomic mass is 16.3. The average Bonchev–Trinajstić information content (AvgIpc) is 3.11. The van der Waals surface area contributed by atoms with Crippen molar-refractivity contribution in [2.24, 2.45) is 5.92 Å². The van der Waals surface area contributed by atoms with E-state index < -0.39 is 0 Å². The molecule has 2 atom stereocenters. The van der Waals surface area contributed by atoms with Gasteiger partial charge in [0.05, 0.1) is 18.0 Å². The van der Waals surface area contributed by atoms with Gasteiger partial charge in [0.25, 0.3) is 0 Å². The minimum atomic E-state index is -0.284. The molecular formula is C19H26N4O2. The molecule has 1 aromatic heterocycles. The van der Waals surface area contributed by atoms with Crippen LogP contribution in [-0.4, -0.2) is 45.5 Å². The fourth-order valence-corrected chi connectivity index (χ4v) is 3.32. The fraction of sp³-hybridized carbons (Fsp3) is 0.474. The number of hydrogen-bond donors (Lipinski definition) is 2. The molecule has 2 unspecified atom stereocenters. The summed E-state index contributed by atoms with van der Waals surface area (Å²) < 4.78 is 1.80. The van der Waals surface area contributed by atoms with Gasteiger partial charge in [0.1, 0.15) is 0 Å². The number of benzene rings is 1. The maximum atomic E-state index is 12.3. The van der Waals surface area contributed by atoms with Gasteiger partial charge < -0.3 is 15.3 Å². The smallest absolute Gasteiger partial charge is 0.317 e. The van der Waals surface area contributed by atoms with Gasteiger partial charge in [-0.15, -0.1) is 0 Å². The molecule has 134 valence electrons.